The summed E-state index contributed by atoms with van der Waals surface area (Å²) in [5.41, 5.74) is 2.68. The Bertz CT molecular complexity index is 1030. The average Bonchev–Trinajstić information content (AvgIpc) is 3.23. The summed E-state index contributed by atoms with van der Waals surface area (Å²) >= 11 is 11.1. The van der Waals surface area contributed by atoms with Crippen molar-refractivity contribution in [3.8, 4) is 17.0 Å². The molecule has 0 N–H and O–H groups in total. The SMILES string of the molecule is COc1ccc(Br)c(C(=O)N2CCN(Cc3nc(-c4ccc(Cl)cc4)cs3)CC2)c1. The van der Waals surface area contributed by atoms with E-state index in [-0.39, 0.29) is 5.91 Å². The van der Waals surface area contributed by atoms with Crippen molar-refractivity contribution in [2.24, 2.45) is 0 Å². The average molecular weight is 507 g/mol. The maximum Gasteiger partial charge on any atom is 0.255 e. The van der Waals surface area contributed by atoms with Gasteiger partial charge in [0.05, 0.1) is 24.9 Å². The largest absolute Gasteiger partial charge is 0.497 e. The maximum atomic E-state index is 12.9. The lowest BCUT2D eigenvalue weighted by Crippen LogP contribution is -2.48. The highest BCUT2D eigenvalue weighted by Gasteiger charge is 2.24. The number of carbonyl (C=O) groups is 1. The van der Waals surface area contributed by atoms with E-state index in [0.717, 1.165) is 45.4 Å². The molecule has 0 unspecified atom stereocenters. The van der Waals surface area contributed by atoms with Gasteiger partial charge in [0, 0.05) is 46.6 Å². The van der Waals surface area contributed by atoms with Crippen molar-refractivity contribution in [2.75, 3.05) is 33.3 Å². The number of halogens is 2. The minimum Gasteiger partial charge on any atom is -0.497 e. The van der Waals surface area contributed by atoms with Crippen LogP contribution in [-0.4, -0.2) is 54.0 Å². The van der Waals surface area contributed by atoms with Gasteiger partial charge < -0.3 is 9.64 Å². The second-order valence-corrected chi connectivity index (χ2v) is 9.28. The lowest BCUT2D eigenvalue weighted by atomic mass is 10.1. The molecule has 1 aromatic heterocycles. The molecule has 156 valence electrons. The molecule has 0 aliphatic carbocycles. The van der Waals surface area contributed by atoms with E-state index in [2.05, 4.69) is 26.2 Å². The topological polar surface area (TPSA) is 45.7 Å². The summed E-state index contributed by atoms with van der Waals surface area (Å²) in [7, 11) is 1.60. The molecule has 4 rings (SSSR count). The molecule has 8 heteroatoms. The molecule has 3 aromatic rings. The molecular weight excluding hydrogens is 486 g/mol. The zero-order chi connectivity index (χ0) is 21.1. The van der Waals surface area contributed by atoms with Gasteiger partial charge in [-0.3, -0.25) is 9.69 Å². The highest BCUT2D eigenvalue weighted by Crippen LogP contribution is 2.26. The Morgan fingerprint density at radius 3 is 2.60 bits per heavy atom. The highest BCUT2D eigenvalue weighted by molar-refractivity contribution is 9.10. The predicted octanol–water partition coefficient (Wildman–Crippen LogP) is 5.19. The molecule has 1 amide bonds. The summed E-state index contributed by atoms with van der Waals surface area (Å²) in [6, 6.07) is 13.2. The van der Waals surface area contributed by atoms with Gasteiger partial charge in [0.1, 0.15) is 10.8 Å². The van der Waals surface area contributed by atoms with Gasteiger partial charge in [0.25, 0.3) is 5.91 Å². The van der Waals surface area contributed by atoms with E-state index < -0.39 is 0 Å². The molecule has 2 aromatic carbocycles. The number of ether oxygens (including phenoxy) is 1. The summed E-state index contributed by atoms with van der Waals surface area (Å²) in [4.78, 5) is 22.0. The maximum absolute atomic E-state index is 12.9. The van der Waals surface area contributed by atoms with E-state index in [1.165, 1.54) is 0 Å². The van der Waals surface area contributed by atoms with Crippen molar-refractivity contribution in [3.63, 3.8) is 0 Å². The molecule has 0 bridgehead atoms. The molecule has 0 spiro atoms. The standard InChI is InChI=1S/C22H21BrClN3O2S/c1-29-17-6-7-19(23)18(12-17)22(28)27-10-8-26(9-11-27)13-21-25-20(14-30-21)15-2-4-16(24)5-3-15/h2-7,12,14H,8-11,13H2,1H3. The summed E-state index contributed by atoms with van der Waals surface area (Å²) < 4.78 is 6.04. The van der Waals surface area contributed by atoms with Crippen molar-refractivity contribution in [1.82, 2.24) is 14.8 Å². The fourth-order valence-corrected chi connectivity index (χ4v) is 4.79. The molecule has 0 saturated carbocycles. The van der Waals surface area contributed by atoms with Gasteiger partial charge in [-0.25, -0.2) is 4.98 Å². The Morgan fingerprint density at radius 1 is 1.17 bits per heavy atom. The fraction of sp³-hybridized carbons (Fsp3) is 0.273. The number of benzene rings is 2. The molecule has 5 nitrogen and oxygen atoms in total. The van der Waals surface area contributed by atoms with Crippen LogP contribution in [0.25, 0.3) is 11.3 Å². The van der Waals surface area contributed by atoms with Crippen molar-refractivity contribution in [3.05, 3.63) is 67.9 Å². The summed E-state index contributed by atoms with van der Waals surface area (Å²) in [6.07, 6.45) is 0. The summed E-state index contributed by atoms with van der Waals surface area (Å²) in [5, 5.41) is 3.89. The molecule has 0 radical (unpaired) electrons. The molecule has 2 heterocycles. The van der Waals surface area contributed by atoms with Crippen LogP contribution in [0.3, 0.4) is 0 Å². The first-order valence-electron chi connectivity index (χ1n) is 9.59. The molecular formula is C22H21BrClN3O2S. The van der Waals surface area contributed by atoms with Gasteiger partial charge in [0.15, 0.2) is 0 Å². The Labute approximate surface area is 193 Å². The highest BCUT2D eigenvalue weighted by atomic mass is 79.9. The van der Waals surface area contributed by atoms with Crippen LogP contribution in [0.5, 0.6) is 5.75 Å². The number of rotatable bonds is 5. The van der Waals surface area contributed by atoms with Crippen molar-refractivity contribution in [2.45, 2.75) is 6.54 Å². The molecule has 1 aliphatic rings. The number of piperazine rings is 1. The zero-order valence-electron chi connectivity index (χ0n) is 16.5. The van der Waals surface area contributed by atoms with Gasteiger partial charge in [-0.05, 0) is 46.3 Å². The molecule has 1 aliphatic heterocycles. The third-order valence-corrected chi connectivity index (χ3v) is 6.89. The number of hydrogen-bond acceptors (Lipinski definition) is 5. The Kier molecular flexibility index (Phi) is 6.73. The molecule has 1 saturated heterocycles. The first kappa shape index (κ1) is 21.3. The van der Waals surface area contributed by atoms with Gasteiger partial charge in [-0.15, -0.1) is 11.3 Å². The normalized spacial score (nSPS) is 14.7. The van der Waals surface area contributed by atoms with Gasteiger partial charge in [-0.1, -0.05) is 23.7 Å². The molecule has 0 atom stereocenters. The van der Waals surface area contributed by atoms with Crippen LogP contribution in [0, 0.1) is 0 Å². The van der Waals surface area contributed by atoms with Gasteiger partial charge in [0.2, 0.25) is 0 Å². The number of thiazole rings is 1. The second-order valence-electron chi connectivity index (χ2n) is 7.05. The lowest BCUT2D eigenvalue weighted by Gasteiger charge is -2.34. The van der Waals surface area contributed by atoms with Crippen LogP contribution in [0.2, 0.25) is 5.02 Å². The Balaban J connectivity index is 1.35. The minimum atomic E-state index is 0.0275. The van der Waals surface area contributed by atoms with Crippen LogP contribution < -0.4 is 4.74 Å². The second kappa shape index (κ2) is 9.47. The van der Waals surface area contributed by atoms with E-state index in [0.29, 0.717) is 24.4 Å². The first-order valence-corrected chi connectivity index (χ1v) is 11.6. The van der Waals surface area contributed by atoms with Crippen molar-refractivity contribution < 1.29 is 9.53 Å². The Hall–Kier alpha value is -1.93. The zero-order valence-corrected chi connectivity index (χ0v) is 19.6. The van der Waals surface area contributed by atoms with Crippen LogP contribution in [0.15, 0.2) is 52.3 Å². The van der Waals surface area contributed by atoms with Crippen LogP contribution >= 0.6 is 38.9 Å². The van der Waals surface area contributed by atoms with Crippen molar-refractivity contribution >= 4 is 44.8 Å². The number of methoxy groups -OCH3 is 1. The Morgan fingerprint density at radius 2 is 1.90 bits per heavy atom. The van der Waals surface area contributed by atoms with Crippen molar-refractivity contribution in [1.29, 1.82) is 0 Å². The van der Waals surface area contributed by atoms with Gasteiger partial charge in [-0.2, -0.15) is 0 Å². The number of carbonyl (C=O) groups excluding carboxylic acids is 1. The van der Waals surface area contributed by atoms with Crippen LogP contribution in [-0.2, 0) is 6.54 Å². The number of amides is 1. The summed E-state index contributed by atoms with van der Waals surface area (Å²) in [6.45, 7) is 3.82. The number of aromatic nitrogens is 1. The number of hydrogen-bond donors (Lipinski definition) is 0. The minimum absolute atomic E-state index is 0.0275. The van der Waals surface area contributed by atoms with E-state index >= 15 is 0 Å². The smallest absolute Gasteiger partial charge is 0.255 e. The third kappa shape index (κ3) is 4.86. The molecule has 1 fully saturated rings. The number of nitrogens with zero attached hydrogens (tertiary/aromatic N) is 3. The van der Waals surface area contributed by atoms with E-state index in [9.17, 15) is 4.79 Å². The van der Waals surface area contributed by atoms with Crippen LogP contribution in [0.1, 0.15) is 15.4 Å². The van der Waals surface area contributed by atoms with Crippen LogP contribution in [0.4, 0.5) is 0 Å². The summed E-state index contributed by atoms with van der Waals surface area (Å²) in [5.74, 6) is 0.708. The third-order valence-electron chi connectivity index (χ3n) is 5.11. The molecule has 30 heavy (non-hydrogen) atoms. The van der Waals surface area contributed by atoms with E-state index in [1.54, 1.807) is 24.5 Å². The lowest BCUT2D eigenvalue weighted by molar-refractivity contribution is 0.0627. The quantitative estimate of drug-likeness (QED) is 0.478. The monoisotopic (exact) mass is 505 g/mol. The first-order chi connectivity index (χ1) is 14.5. The van der Waals surface area contributed by atoms with Gasteiger partial charge >= 0.3 is 0 Å². The van der Waals surface area contributed by atoms with E-state index in [4.69, 9.17) is 21.3 Å². The van der Waals surface area contributed by atoms with E-state index in [1.807, 2.05) is 41.3 Å². The predicted molar refractivity (Wildman–Crippen MR) is 124 cm³/mol. The fourth-order valence-electron chi connectivity index (χ4n) is 3.40.